The lowest BCUT2D eigenvalue weighted by molar-refractivity contribution is -0.386. The summed E-state index contributed by atoms with van der Waals surface area (Å²) in [6, 6.07) is 2.46. The van der Waals surface area contributed by atoms with Gasteiger partial charge >= 0.3 is 17.8 Å². The van der Waals surface area contributed by atoms with Crippen LogP contribution in [-0.2, 0) is 0 Å². The van der Waals surface area contributed by atoms with Crippen molar-refractivity contribution < 1.29 is 36.4 Å². The summed E-state index contributed by atoms with van der Waals surface area (Å²) in [5, 5.41) is 10.6. The number of nitro groups is 1. The van der Waals surface area contributed by atoms with Gasteiger partial charge in [-0.2, -0.15) is 22.0 Å². The van der Waals surface area contributed by atoms with Crippen LogP contribution in [0.2, 0.25) is 0 Å². The van der Waals surface area contributed by atoms with Crippen molar-refractivity contribution in [3.05, 3.63) is 33.9 Å². The molecule has 0 aliphatic carbocycles. The van der Waals surface area contributed by atoms with Gasteiger partial charge in [0.25, 0.3) is 0 Å². The lowest BCUT2D eigenvalue weighted by atomic mass is 10.2. The van der Waals surface area contributed by atoms with E-state index in [4.69, 9.17) is 0 Å². The molecule has 110 valence electrons. The molecule has 10 heteroatoms. The summed E-state index contributed by atoms with van der Waals surface area (Å²) in [4.78, 5) is 20.0. The highest BCUT2D eigenvalue weighted by molar-refractivity contribution is 5.77. The van der Waals surface area contributed by atoms with Crippen molar-refractivity contribution in [2.24, 2.45) is 0 Å². The highest BCUT2D eigenvalue weighted by atomic mass is 19.4. The minimum absolute atomic E-state index is 0.147. The fraction of sp³-hybridized carbons (Fsp3) is 0.300. The number of nitro benzene ring substituents is 1. The number of alkyl halides is 5. The lowest BCUT2D eigenvalue weighted by Crippen LogP contribution is -2.41. The van der Waals surface area contributed by atoms with Crippen molar-refractivity contribution >= 4 is 12.0 Å². The van der Waals surface area contributed by atoms with E-state index >= 15 is 0 Å². The van der Waals surface area contributed by atoms with Crippen LogP contribution in [-0.4, -0.2) is 29.9 Å². The summed E-state index contributed by atoms with van der Waals surface area (Å²) in [7, 11) is 0. The van der Waals surface area contributed by atoms with E-state index < -0.39 is 35.1 Å². The molecule has 0 atom stereocenters. The zero-order valence-electron chi connectivity index (χ0n) is 9.49. The number of halogens is 5. The van der Waals surface area contributed by atoms with Crippen molar-refractivity contribution in [1.29, 1.82) is 0 Å². The molecule has 1 rings (SSSR count). The molecule has 0 amide bonds. The summed E-state index contributed by atoms with van der Waals surface area (Å²) < 4.78 is 65.1. The van der Waals surface area contributed by atoms with Crippen LogP contribution in [0.15, 0.2) is 18.2 Å². The first-order valence-electron chi connectivity index (χ1n) is 4.89. The second-order valence-corrected chi connectivity index (χ2v) is 3.59. The molecule has 1 aromatic carbocycles. The van der Waals surface area contributed by atoms with Crippen LogP contribution in [0.5, 0.6) is 5.75 Å². The summed E-state index contributed by atoms with van der Waals surface area (Å²) in [5.74, 6) is -5.94. The molecule has 0 unspecified atom stereocenters. The molecule has 0 saturated carbocycles. The molecular weight excluding hydrogens is 293 g/mol. The Bertz CT molecular complexity index is 529. The van der Waals surface area contributed by atoms with E-state index in [1.54, 1.807) is 0 Å². The maximum absolute atomic E-state index is 12.6. The average Bonchev–Trinajstić information content (AvgIpc) is 2.34. The molecule has 0 heterocycles. The molecule has 0 N–H and O–H groups in total. The SMILES string of the molecule is O=Cc1ccc(OCC(F)(F)C(F)(F)F)c([N+](=O)[O-])c1. The molecule has 0 bridgehead atoms. The van der Waals surface area contributed by atoms with Gasteiger partial charge in [-0.3, -0.25) is 14.9 Å². The number of ether oxygens (including phenoxy) is 1. The van der Waals surface area contributed by atoms with Gasteiger partial charge in [0, 0.05) is 11.6 Å². The van der Waals surface area contributed by atoms with Gasteiger partial charge in [-0.15, -0.1) is 0 Å². The largest absolute Gasteiger partial charge is 0.480 e. The van der Waals surface area contributed by atoms with E-state index in [1.807, 2.05) is 0 Å². The van der Waals surface area contributed by atoms with Crippen LogP contribution >= 0.6 is 0 Å². The second kappa shape index (κ2) is 5.39. The van der Waals surface area contributed by atoms with E-state index in [0.29, 0.717) is 6.07 Å². The fourth-order valence-electron chi connectivity index (χ4n) is 1.12. The van der Waals surface area contributed by atoms with Gasteiger partial charge in [0.1, 0.15) is 6.29 Å². The third kappa shape index (κ3) is 3.39. The number of carbonyl (C=O) groups is 1. The third-order valence-electron chi connectivity index (χ3n) is 2.14. The number of hydrogen-bond acceptors (Lipinski definition) is 4. The first kappa shape index (κ1) is 15.8. The molecule has 20 heavy (non-hydrogen) atoms. The van der Waals surface area contributed by atoms with Crippen molar-refractivity contribution in [1.82, 2.24) is 0 Å². The van der Waals surface area contributed by atoms with Crippen LogP contribution in [0.1, 0.15) is 10.4 Å². The highest BCUT2D eigenvalue weighted by Gasteiger charge is 2.58. The summed E-state index contributed by atoms with van der Waals surface area (Å²) in [6.07, 6.45) is -5.58. The number of hydrogen-bond donors (Lipinski definition) is 0. The smallest absolute Gasteiger partial charge is 0.456 e. The Balaban J connectivity index is 2.99. The van der Waals surface area contributed by atoms with Crippen molar-refractivity contribution in [2.45, 2.75) is 12.1 Å². The average molecular weight is 299 g/mol. The molecule has 0 radical (unpaired) electrons. The Morgan fingerprint density at radius 2 is 1.85 bits per heavy atom. The summed E-state index contributed by atoms with van der Waals surface area (Å²) in [5.41, 5.74) is -1.03. The van der Waals surface area contributed by atoms with E-state index in [0.717, 1.165) is 12.1 Å². The van der Waals surface area contributed by atoms with E-state index in [1.165, 1.54) is 0 Å². The second-order valence-electron chi connectivity index (χ2n) is 3.59. The molecule has 0 aliphatic rings. The van der Waals surface area contributed by atoms with Gasteiger partial charge in [-0.05, 0) is 12.1 Å². The first-order valence-corrected chi connectivity index (χ1v) is 4.89. The third-order valence-corrected chi connectivity index (χ3v) is 2.14. The Hall–Kier alpha value is -2.26. The van der Waals surface area contributed by atoms with Crippen LogP contribution in [0, 0.1) is 10.1 Å². The van der Waals surface area contributed by atoms with Crippen molar-refractivity contribution in [2.75, 3.05) is 6.61 Å². The van der Waals surface area contributed by atoms with E-state index in [-0.39, 0.29) is 11.8 Å². The molecular formula is C10H6F5NO4. The van der Waals surface area contributed by atoms with Gasteiger partial charge < -0.3 is 4.74 Å². The number of aldehydes is 1. The molecule has 5 nitrogen and oxygen atoms in total. The Kier molecular flexibility index (Phi) is 4.26. The highest BCUT2D eigenvalue weighted by Crippen LogP contribution is 2.37. The predicted molar refractivity (Wildman–Crippen MR) is 55.0 cm³/mol. The maximum Gasteiger partial charge on any atom is 0.456 e. The molecule has 0 saturated heterocycles. The van der Waals surface area contributed by atoms with Crippen LogP contribution in [0.25, 0.3) is 0 Å². The minimum Gasteiger partial charge on any atom is -0.480 e. The van der Waals surface area contributed by atoms with Crippen LogP contribution < -0.4 is 4.74 Å². The monoisotopic (exact) mass is 299 g/mol. The maximum atomic E-state index is 12.6. The van der Waals surface area contributed by atoms with Gasteiger partial charge in [0.2, 0.25) is 0 Å². The van der Waals surface area contributed by atoms with Gasteiger partial charge in [0.15, 0.2) is 12.4 Å². The van der Waals surface area contributed by atoms with E-state index in [9.17, 15) is 36.9 Å². The number of nitrogens with zero attached hydrogens (tertiary/aromatic N) is 1. The topological polar surface area (TPSA) is 69.4 Å². The lowest BCUT2D eigenvalue weighted by Gasteiger charge is -2.19. The van der Waals surface area contributed by atoms with Gasteiger partial charge in [0.05, 0.1) is 4.92 Å². The predicted octanol–water partition coefficient (Wildman–Crippen LogP) is 2.98. The normalized spacial score (nSPS) is 12.1. The number of rotatable bonds is 5. The Morgan fingerprint density at radius 3 is 2.30 bits per heavy atom. The Morgan fingerprint density at radius 1 is 1.25 bits per heavy atom. The number of carbonyl (C=O) groups excluding carboxylic acids is 1. The number of benzene rings is 1. The van der Waals surface area contributed by atoms with E-state index in [2.05, 4.69) is 4.74 Å². The van der Waals surface area contributed by atoms with Crippen LogP contribution in [0.4, 0.5) is 27.6 Å². The van der Waals surface area contributed by atoms with Gasteiger partial charge in [-0.25, -0.2) is 0 Å². The standard InChI is InChI=1S/C10H6F5NO4/c11-9(12,10(13,14)15)5-20-8-2-1-6(4-17)3-7(8)16(18)19/h1-4H,5H2. The minimum atomic E-state index is -5.83. The molecule has 0 spiro atoms. The van der Waals surface area contributed by atoms with Crippen molar-refractivity contribution in [3.63, 3.8) is 0 Å². The zero-order valence-corrected chi connectivity index (χ0v) is 9.49. The summed E-state index contributed by atoms with van der Waals surface area (Å²) >= 11 is 0. The molecule has 0 aromatic heterocycles. The zero-order chi connectivity index (χ0) is 15.6. The summed E-state index contributed by atoms with van der Waals surface area (Å²) in [6.45, 7) is -2.10. The fourth-order valence-corrected chi connectivity index (χ4v) is 1.12. The van der Waals surface area contributed by atoms with Crippen molar-refractivity contribution in [3.8, 4) is 5.75 Å². The quantitative estimate of drug-likeness (QED) is 0.363. The van der Waals surface area contributed by atoms with Gasteiger partial charge in [-0.1, -0.05) is 0 Å². The first-order chi connectivity index (χ1) is 9.08. The molecule has 1 aromatic rings. The Labute approximate surface area is 108 Å². The molecule has 0 aliphatic heterocycles. The molecule has 0 fully saturated rings. The van der Waals surface area contributed by atoms with Crippen LogP contribution in [0.3, 0.4) is 0 Å².